The SMILES string of the molecule is OC/C=C/C(Cc1ccc(Cl)cc1)=C(/CO)Cc1ccc(Cl)cc1. The van der Waals surface area contributed by atoms with Gasteiger partial charge in [0.05, 0.1) is 13.2 Å². The number of rotatable bonds is 7. The van der Waals surface area contributed by atoms with E-state index in [0.29, 0.717) is 22.9 Å². The summed E-state index contributed by atoms with van der Waals surface area (Å²) < 4.78 is 0. The first-order valence-corrected chi connectivity index (χ1v) is 8.46. The van der Waals surface area contributed by atoms with Crippen molar-refractivity contribution < 1.29 is 10.2 Å². The first-order chi connectivity index (χ1) is 11.6. The zero-order chi connectivity index (χ0) is 17.4. The van der Waals surface area contributed by atoms with Crippen molar-refractivity contribution in [1.82, 2.24) is 0 Å². The lowest BCUT2D eigenvalue weighted by Gasteiger charge is -2.12. The lowest BCUT2D eigenvalue weighted by Crippen LogP contribution is -2.03. The van der Waals surface area contributed by atoms with E-state index in [-0.39, 0.29) is 13.2 Å². The van der Waals surface area contributed by atoms with Gasteiger partial charge < -0.3 is 10.2 Å². The second-order valence-electron chi connectivity index (χ2n) is 5.48. The van der Waals surface area contributed by atoms with Gasteiger partial charge in [-0.2, -0.15) is 0 Å². The Balaban J connectivity index is 2.29. The summed E-state index contributed by atoms with van der Waals surface area (Å²) in [6, 6.07) is 15.2. The normalized spacial score (nSPS) is 12.5. The molecule has 2 nitrogen and oxygen atoms in total. The summed E-state index contributed by atoms with van der Waals surface area (Å²) in [4.78, 5) is 0. The van der Waals surface area contributed by atoms with Gasteiger partial charge >= 0.3 is 0 Å². The molecule has 0 heterocycles. The third-order valence-corrected chi connectivity index (χ3v) is 4.21. The Labute approximate surface area is 152 Å². The summed E-state index contributed by atoms with van der Waals surface area (Å²) in [5, 5.41) is 20.3. The lowest BCUT2D eigenvalue weighted by molar-refractivity contribution is 0.327. The number of benzene rings is 2. The largest absolute Gasteiger partial charge is 0.392 e. The molecule has 0 amide bonds. The minimum atomic E-state index is -0.0404. The smallest absolute Gasteiger partial charge is 0.0650 e. The predicted octanol–water partition coefficient (Wildman–Crippen LogP) is 4.62. The van der Waals surface area contributed by atoms with Gasteiger partial charge in [0.15, 0.2) is 0 Å². The molecular formula is C20H20Cl2O2. The van der Waals surface area contributed by atoms with Crippen molar-refractivity contribution in [2.45, 2.75) is 12.8 Å². The van der Waals surface area contributed by atoms with Crippen LogP contribution in [0.4, 0.5) is 0 Å². The highest BCUT2D eigenvalue weighted by molar-refractivity contribution is 6.30. The van der Waals surface area contributed by atoms with E-state index in [0.717, 1.165) is 22.3 Å². The van der Waals surface area contributed by atoms with Gasteiger partial charge in [-0.1, -0.05) is 59.6 Å². The minimum absolute atomic E-state index is 0.0379. The average molecular weight is 363 g/mol. The molecular weight excluding hydrogens is 343 g/mol. The summed E-state index contributed by atoms with van der Waals surface area (Å²) in [5.74, 6) is 0. The van der Waals surface area contributed by atoms with E-state index in [1.165, 1.54) is 0 Å². The van der Waals surface area contributed by atoms with Crippen LogP contribution in [-0.2, 0) is 12.8 Å². The number of hydrogen-bond acceptors (Lipinski definition) is 2. The van der Waals surface area contributed by atoms with E-state index in [4.69, 9.17) is 28.3 Å². The van der Waals surface area contributed by atoms with Gasteiger partial charge in [0.25, 0.3) is 0 Å². The second kappa shape index (κ2) is 9.65. The molecule has 0 saturated heterocycles. The van der Waals surface area contributed by atoms with Gasteiger partial charge in [0.2, 0.25) is 0 Å². The average Bonchev–Trinajstić information content (AvgIpc) is 2.60. The monoisotopic (exact) mass is 362 g/mol. The zero-order valence-electron chi connectivity index (χ0n) is 13.3. The fourth-order valence-electron chi connectivity index (χ4n) is 2.44. The molecule has 0 aromatic heterocycles. The number of allylic oxidation sites excluding steroid dienone is 2. The van der Waals surface area contributed by atoms with Gasteiger partial charge in [-0.05, 0) is 59.4 Å². The van der Waals surface area contributed by atoms with Crippen LogP contribution < -0.4 is 0 Å². The number of aliphatic hydroxyl groups excluding tert-OH is 2. The molecule has 0 spiro atoms. The molecule has 0 saturated carbocycles. The zero-order valence-corrected chi connectivity index (χ0v) is 14.8. The van der Waals surface area contributed by atoms with Crippen LogP contribution in [0.2, 0.25) is 10.0 Å². The molecule has 0 aliphatic heterocycles. The van der Waals surface area contributed by atoms with E-state index in [9.17, 15) is 5.11 Å². The quantitative estimate of drug-likeness (QED) is 0.705. The Morgan fingerprint density at radius 2 is 1.29 bits per heavy atom. The van der Waals surface area contributed by atoms with Crippen LogP contribution in [0.5, 0.6) is 0 Å². The van der Waals surface area contributed by atoms with Gasteiger partial charge in [0, 0.05) is 10.0 Å². The Hall–Kier alpha value is -1.58. The van der Waals surface area contributed by atoms with E-state index < -0.39 is 0 Å². The van der Waals surface area contributed by atoms with Crippen LogP contribution in [0.25, 0.3) is 0 Å². The number of halogens is 2. The summed E-state index contributed by atoms with van der Waals surface area (Å²) in [7, 11) is 0. The highest BCUT2D eigenvalue weighted by Crippen LogP contribution is 2.20. The van der Waals surface area contributed by atoms with Gasteiger partial charge in [-0.15, -0.1) is 0 Å². The van der Waals surface area contributed by atoms with Gasteiger partial charge in [-0.25, -0.2) is 0 Å². The summed E-state index contributed by atoms with van der Waals surface area (Å²) >= 11 is 11.9. The van der Waals surface area contributed by atoms with Crippen LogP contribution in [0, 0.1) is 0 Å². The Bertz CT molecular complexity index is 701. The first kappa shape index (κ1) is 18.8. The molecule has 2 rings (SSSR count). The topological polar surface area (TPSA) is 40.5 Å². The van der Waals surface area contributed by atoms with Crippen molar-refractivity contribution in [2.75, 3.05) is 13.2 Å². The molecule has 4 heteroatoms. The Morgan fingerprint density at radius 1 is 0.792 bits per heavy atom. The van der Waals surface area contributed by atoms with E-state index in [1.54, 1.807) is 6.08 Å². The molecule has 24 heavy (non-hydrogen) atoms. The maximum atomic E-state index is 9.83. The van der Waals surface area contributed by atoms with Gasteiger partial charge in [0.1, 0.15) is 0 Å². The first-order valence-electron chi connectivity index (χ1n) is 7.70. The fourth-order valence-corrected chi connectivity index (χ4v) is 2.69. The predicted molar refractivity (Wildman–Crippen MR) is 101 cm³/mol. The van der Waals surface area contributed by atoms with Crippen molar-refractivity contribution in [1.29, 1.82) is 0 Å². The molecule has 0 bridgehead atoms. The third kappa shape index (κ3) is 5.81. The van der Waals surface area contributed by atoms with Crippen LogP contribution in [0.15, 0.2) is 71.8 Å². The molecule has 2 aromatic carbocycles. The maximum Gasteiger partial charge on any atom is 0.0650 e. The molecule has 0 unspecified atom stereocenters. The molecule has 0 aliphatic carbocycles. The van der Waals surface area contributed by atoms with E-state index >= 15 is 0 Å². The molecule has 126 valence electrons. The summed E-state index contributed by atoms with van der Waals surface area (Å²) in [6.45, 7) is -0.0783. The third-order valence-electron chi connectivity index (χ3n) is 3.71. The van der Waals surface area contributed by atoms with Crippen molar-refractivity contribution in [2.24, 2.45) is 0 Å². The molecule has 0 aliphatic rings. The highest BCUT2D eigenvalue weighted by Gasteiger charge is 2.07. The van der Waals surface area contributed by atoms with E-state index in [2.05, 4.69) is 0 Å². The molecule has 2 N–H and O–H groups in total. The second-order valence-corrected chi connectivity index (χ2v) is 6.35. The molecule has 0 atom stereocenters. The van der Waals surface area contributed by atoms with Crippen molar-refractivity contribution >= 4 is 23.2 Å². The Morgan fingerprint density at radius 3 is 1.75 bits per heavy atom. The highest BCUT2D eigenvalue weighted by atomic mass is 35.5. The van der Waals surface area contributed by atoms with Crippen LogP contribution in [0.3, 0.4) is 0 Å². The van der Waals surface area contributed by atoms with Crippen molar-refractivity contribution in [3.8, 4) is 0 Å². The Kier molecular flexibility index (Phi) is 7.54. The molecule has 2 aromatic rings. The summed E-state index contributed by atoms with van der Waals surface area (Å²) in [6.07, 6.45) is 4.85. The van der Waals surface area contributed by atoms with Gasteiger partial charge in [-0.3, -0.25) is 0 Å². The van der Waals surface area contributed by atoms with Crippen LogP contribution >= 0.6 is 23.2 Å². The standard InChI is InChI=1S/C20H20Cl2O2/c21-19-7-3-15(4-8-19)12-17(2-1-11-23)18(14-24)13-16-5-9-20(22)10-6-16/h1-10,23-24H,11-14H2/b2-1+,18-17-. The maximum absolute atomic E-state index is 9.83. The summed E-state index contributed by atoms with van der Waals surface area (Å²) in [5.41, 5.74) is 4.08. The van der Waals surface area contributed by atoms with E-state index in [1.807, 2.05) is 54.6 Å². The lowest BCUT2D eigenvalue weighted by atomic mass is 9.95. The van der Waals surface area contributed by atoms with Crippen LogP contribution in [0.1, 0.15) is 11.1 Å². The number of hydrogen-bond donors (Lipinski definition) is 2. The fraction of sp³-hybridized carbons (Fsp3) is 0.200. The number of aliphatic hydroxyl groups is 2. The molecule has 0 fully saturated rings. The van der Waals surface area contributed by atoms with Crippen molar-refractivity contribution in [3.05, 3.63) is 93.0 Å². The van der Waals surface area contributed by atoms with Crippen molar-refractivity contribution in [3.63, 3.8) is 0 Å². The minimum Gasteiger partial charge on any atom is -0.392 e. The van der Waals surface area contributed by atoms with Crippen LogP contribution in [-0.4, -0.2) is 23.4 Å². The molecule has 0 radical (unpaired) electrons.